The van der Waals surface area contributed by atoms with Crippen LogP contribution in [0.25, 0.3) is 0 Å². The van der Waals surface area contributed by atoms with E-state index in [9.17, 15) is 9.59 Å². The molecular weight excluding hydrogens is 346 g/mol. The van der Waals surface area contributed by atoms with Crippen molar-refractivity contribution in [1.82, 2.24) is 15.0 Å². The molecule has 7 nitrogen and oxygen atoms in total. The first-order valence-corrected chi connectivity index (χ1v) is 8.86. The van der Waals surface area contributed by atoms with E-state index in [1.54, 1.807) is 18.3 Å². The van der Waals surface area contributed by atoms with E-state index >= 15 is 0 Å². The van der Waals surface area contributed by atoms with Gasteiger partial charge in [-0.1, -0.05) is 18.2 Å². The first-order valence-electron chi connectivity index (χ1n) is 8.86. The Hall–Kier alpha value is -3.35. The highest BCUT2D eigenvalue weighted by atomic mass is 16.5. The number of H-pyrrole nitrogens is 1. The van der Waals surface area contributed by atoms with E-state index in [1.165, 1.54) is 6.07 Å². The second-order valence-electron chi connectivity index (χ2n) is 6.48. The smallest absolute Gasteiger partial charge is 0.280 e. The molecule has 1 fully saturated rings. The van der Waals surface area contributed by atoms with Gasteiger partial charge in [0.15, 0.2) is 0 Å². The van der Waals surface area contributed by atoms with Gasteiger partial charge in [-0.15, -0.1) is 0 Å². The first-order chi connectivity index (χ1) is 13.2. The maximum absolute atomic E-state index is 12.8. The summed E-state index contributed by atoms with van der Waals surface area (Å²) in [6.07, 6.45) is 3.09. The predicted octanol–water partition coefficient (Wildman–Crippen LogP) is 3.18. The minimum Gasteiger partial charge on any atom is -0.439 e. The van der Waals surface area contributed by atoms with Crippen molar-refractivity contribution in [3.05, 3.63) is 76.4 Å². The monoisotopic (exact) mass is 365 g/mol. The second-order valence-corrected chi connectivity index (χ2v) is 6.48. The van der Waals surface area contributed by atoms with Crippen LogP contribution >= 0.6 is 0 Å². The van der Waals surface area contributed by atoms with Crippen molar-refractivity contribution in [2.75, 3.05) is 13.1 Å². The molecule has 3 heterocycles. The molecular formula is C20H19N3O4. The third kappa shape index (κ3) is 3.92. The third-order valence-electron chi connectivity index (χ3n) is 4.67. The summed E-state index contributed by atoms with van der Waals surface area (Å²) in [4.78, 5) is 30.0. The number of carbonyl (C=O) groups is 1. The highest BCUT2D eigenvalue weighted by Crippen LogP contribution is 2.28. The quantitative estimate of drug-likeness (QED) is 0.767. The summed E-state index contributed by atoms with van der Waals surface area (Å²) in [5.41, 5.74) is 0.314. The molecule has 0 saturated carbocycles. The van der Waals surface area contributed by atoms with E-state index in [-0.39, 0.29) is 17.4 Å². The van der Waals surface area contributed by atoms with Crippen LogP contribution in [0, 0.1) is 0 Å². The number of piperidine rings is 1. The average molecular weight is 365 g/mol. The molecule has 1 saturated heterocycles. The van der Waals surface area contributed by atoms with Crippen molar-refractivity contribution in [1.29, 1.82) is 0 Å². The number of amides is 1. The van der Waals surface area contributed by atoms with Crippen LogP contribution in [0.2, 0.25) is 0 Å². The van der Waals surface area contributed by atoms with Gasteiger partial charge in [-0.3, -0.25) is 9.59 Å². The molecule has 3 aromatic rings. The summed E-state index contributed by atoms with van der Waals surface area (Å²) in [6.45, 7) is 1.21. The maximum Gasteiger partial charge on any atom is 0.280 e. The highest BCUT2D eigenvalue weighted by molar-refractivity contribution is 5.94. The molecule has 27 heavy (non-hydrogen) atoms. The number of ether oxygens (including phenoxy) is 1. The van der Waals surface area contributed by atoms with Gasteiger partial charge in [0.25, 0.3) is 11.5 Å². The van der Waals surface area contributed by atoms with Gasteiger partial charge in [-0.25, -0.2) is 4.98 Å². The number of carbonyl (C=O) groups excluding carboxylic acids is 1. The topological polar surface area (TPSA) is 88.4 Å². The van der Waals surface area contributed by atoms with Crippen LogP contribution in [0.4, 0.5) is 0 Å². The zero-order valence-corrected chi connectivity index (χ0v) is 14.6. The summed E-state index contributed by atoms with van der Waals surface area (Å²) >= 11 is 0. The van der Waals surface area contributed by atoms with Crippen molar-refractivity contribution in [3.63, 3.8) is 0 Å². The molecule has 0 bridgehead atoms. The van der Waals surface area contributed by atoms with Gasteiger partial charge in [0.2, 0.25) is 5.88 Å². The number of nitrogens with one attached hydrogen (secondary N) is 1. The van der Waals surface area contributed by atoms with Crippen molar-refractivity contribution in [2.45, 2.75) is 18.8 Å². The summed E-state index contributed by atoms with van der Waals surface area (Å²) in [5, 5.41) is 2.32. The molecule has 1 amide bonds. The maximum atomic E-state index is 12.8. The molecule has 0 radical (unpaired) electrons. The predicted molar refractivity (Wildman–Crippen MR) is 98.0 cm³/mol. The molecule has 1 aliphatic rings. The van der Waals surface area contributed by atoms with Gasteiger partial charge in [0, 0.05) is 42.9 Å². The number of likely N-dealkylation sites (tertiary alicyclic amines) is 1. The van der Waals surface area contributed by atoms with Gasteiger partial charge < -0.3 is 14.2 Å². The molecule has 1 N–H and O–H groups in total. The van der Waals surface area contributed by atoms with Gasteiger partial charge in [0.05, 0.1) is 0 Å². The second kappa shape index (κ2) is 7.49. The number of aromatic amines is 1. The Labute approximate surface area is 155 Å². The molecule has 2 aromatic heterocycles. The fourth-order valence-electron chi connectivity index (χ4n) is 3.26. The van der Waals surface area contributed by atoms with Crippen molar-refractivity contribution in [2.24, 2.45) is 0 Å². The zero-order chi connectivity index (χ0) is 18.6. The molecule has 0 aliphatic carbocycles. The normalized spacial score (nSPS) is 14.9. The molecule has 1 aromatic carbocycles. The number of nitrogens with zero attached hydrogens (tertiary/aromatic N) is 2. The number of rotatable bonds is 4. The Morgan fingerprint density at radius 3 is 2.63 bits per heavy atom. The molecule has 1 aliphatic heterocycles. The summed E-state index contributed by atoms with van der Waals surface area (Å²) in [7, 11) is 0. The minimum absolute atomic E-state index is 0.0516. The van der Waals surface area contributed by atoms with Crippen LogP contribution in [-0.4, -0.2) is 34.0 Å². The van der Waals surface area contributed by atoms with Gasteiger partial charge in [-0.05, 0) is 31.0 Å². The Balaban J connectivity index is 1.41. The van der Waals surface area contributed by atoms with Gasteiger partial charge in [-0.2, -0.15) is 5.16 Å². The fourth-order valence-corrected chi connectivity index (χ4v) is 3.26. The van der Waals surface area contributed by atoms with Crippen LogP contribution in [0.3, 0.4) is 0 Å². The van der Waals surface area contributed by atoms with Crippen LogP contribution < -0.4 is 10.3 Å². The third-order valence-corrected chi connectivity index (χ3v) is 4.67. The van der Waals surface area contributed by atoms with Gasteiger partial charge in [0.1, 0.15) is 11.5 Å². The standard InChI is InChI=1S/C20H19N3O4/c24-18-13-17(27-22-18)14-7-10-23(11-8-14)20(25)15-6-9-21-19(12-15)26-16-4-2-1-3-5-16/h1-6,9,12-14H,7-8,10-11H2,(H,22,24). The molecule has 7 heteroatoms. The number of pyridine rings is 1. The van der Waals surface area contributed by atoms with Gasteiger partial charge >= 0.3 is 0 Å². The molecule has 0 spiro atoms. The molecule has 0 atom stereocenters. The number of hydrogen-bond acceptors (Lipinski definition) is 5. The van der Waals surface area contributed by atoms with Crippen molar-refractivity contribution in [3.8, 4) is 11.6 Å². The minimum atomic E-state index is -0.230. The zero-order valence-electron chi connectivity index (χ0n) is 14.6. The number of hydrogen-bond donors (Lipinski definition) is 1. The lowest BCUT2D eigenvalue weighted by Gasteiger charge is -2.30. The Bertz CT molecular complexity index is 972. The van der Waals surface area contributed by atoms with E-state index in [1.807, 2.05) is 35.2 Å². The van der Waals surface area contributed by atoms with E-state index in [4.69, 9.17) is 9.26 Å². The Morgan fingerprint density at radius 2 is 1.93 bits per heavy atom. The molecule has 4 rings (SSSR count). The average Bonchev–Trinajstić information content (AvgIpc) is 3.15. The van der Waals surface area contributed by atoms with E-state index in [0.717, 1.165) is 12.8 Å². The van der Waals surface area contributed by atoms with Crippen LogP contribution in [0.15, 0.2) is 64.0 Å². The van der Waals surface area contributed by atoms with E-state index in [0.29, 0.717) is 36.0 Å². The number of benzene rings is 1. The number of aromatic nitrogens is 2. The summed E-state index contributed by atoms with van der Waals surface area (Å²) in [6, 6.07) is 14.2. The lowest BCUT2D eigenvalue weighted by Crippen LogP contribution is -2.37. The summed E-state index contributed by atoms with van der Waals surface area (Å²) < 4.78 is 10.9. The van der Waals surface area contributed by atoms with Crippen molar-refractivity contribution < 1.29 is 14.1 Å². The van der Waals surface area contributed by atoms with Crippen LogP contribution in [0.1, 0.15) is 34.9 Å². The largest absolute Gasteiger partial charge is 0.439 e. The SMILES string of the molecule is O=C(c1ccnc(Oc2ccccc2)c1)N1CCC(c2cc(=O)[nH]o2)CC1. The molecule has 138 valence electrons. The fraction of sp³-hybridized carbons (Fsp3) is 0.250. The number of para-hydroxylation sites is 1. The van der Waals surface area contributed by atoms with E-state index in [2.05, 4.69) is 10.1 Å². The van der Waals surface area contributed by atoms with Crippen molar-refractivity contribution >= 4 is 5.91 Å². The Kier molecular flexibility index (Phi) is 4.74. The molecule has 0 unspecified atom stereocenters. The summed E-state index contributed by atoms with van der Waals surface area (Å²) in [5.74, 6) is 1.82. The first kappa shape index (κ1) is 17.1. The highest BCUT2D eigenvalue weighted by Gasteiger charge is 2.27. The lowest BCUT2D eigenvalue weighted by atomic mass is 9.94. The van der Waals surface area contributed by atoms with E-state index < -0.39 is 0 Å². The lowest BCUT2D eigenvalue weighted by molar-refractivity contribution is 0.0705. The Morgan fingerprint density at radius 1 is 1.15 bits per heavy atom. The van der Waals surface area contributed by atoms with Crippen LogP contribution in [-0.2, 0) is 0 Å². The van der Waals surface area contributed by atoms with Crippen LogP contribution in [0.5, 0.6) is 11.6 Å².